The number of hydrogen-bond acceptors (Lipinski definition) is 6. The molecule has 1 aromatic rings. The Labute approximate surface area is 136 Å². The van der Waals surface area contributed by atoms with E-state index in [0.29, 0.717) is 4.31 Å². The highest BCUT2D eigenvalue weighted by Crippen LogP contribution is 2.32. The van der Waals surface area contributed by atoms with E-state index in [1.54, 1.807) is 0 Å². The van der Waals surface area contributed by atoms with Crippen molar-refractivity contribution in [3.8, 4) is 0 Å². The van der Waals surface area contributed by atoms with Gasteiger partial charge in [-0.3, -0.25) is 9.59 Å². The summed E-state index contributed by atoms with van der Waals surface area (Å²) >= 11 is 0. The van der Waals surface area contributed by atoms with E-state index in [2.05, 4.69) is 0 Å². The van der Waals surface area contributed by atoms with Gasteiger partial charge in [0, 0.05) is 13.0 Å². The monoisotopic (exact) mass is 358 g/mol. The minimum Gasteiger partial charge on any atom is -0.480 e. The first-order chi connectivity index (χ1) is 11.0. The van der Waals surface area contributed by atoms with Gasteiger partial charge in [-0.2, -0.15) is 4.31 Å². The molecule has 1 fully saturated rings. The Balaban J connectivity index is 2.58. The number of benzene rings is 1. The van der Waals surface area contributed by atoms with Crippen LogP contribution in [0.1, 0.15) is 16.8 Å². The number of rotatable bonds is 5. The zero-order valence-electron chi connectivity index (χ0n) is 12.1. The lowest BCUT2D eigenvalue weighted by Crippen LogP contribution is -2.50. The van der Waals surface area contributed by atoms with Crippen LogP contribution in [0.25, 0.3) is 0 Å². The smallest absolute Gasteiger partial charge is 0.337 e. The standard InChI is InChI=1S/C13H14N2O8S/c14-13(12(20)21)5-8(11(18)19)15(6-13)24(22,23)9-4-2-1-3-7(9)10(16)17/h1-4,8H,5-6,14H2,(H,16,17)(H,18,19)(H,20,21)/t8-,13+/m0/s1. The highest BCUT2D eigenvalue weighted by molar-refractivity contribution is 7.89. The minimum absolute atomic E-state index is 0.422. The Morgan fingerprint density at radius 3 is 2.25 bits per heavy atom. The van der Waals surface area contributed by atoms with Crippen LogP contribution in [0.15, 0.2) is 29.2 Å². The van der Waals surface area contributed by atoms with Gasteiger partial charge in [0.05, 0.1) is 10.5 Å². The third-order valence-electron chi connectivity index (χ3n) is 3.76. The molecule has 0 unspecified atom stereocenters. The normalized spacial score (nSPS) is 24.6. The molecule has 0 amide bonds. The SMILES string of the molecule is N[C@]1(C(=O)O)C[C@@H](C(=O)O)N(S(=O)(=O)c2ccccc2C(=O)O)C1. The molecule has 0 spiro atoms. The van der Waals surface area contributed by atoms with Crippen molar-refractivity contribution in [2.45, 2.75) is 22.9 Å². The maximum Gasteiger partial charge on any atom is 0.337 e. The Bertz CT molecular complexity index is 821. The summed E-state index contributed by atoms with van der Waals surface area (Å²) in [7, 11) is -4.58. The van der Waals surface area contributed by atoms with Gasteiger partial charge in [0.1, 0.15) is 11.6 Å². The topological polar surface area (TPSA) is 175 Å². The van der Waals surface area contributed by atoms with Gasteiger partial charge in [0.25, 0.3) is 0 Å². The highest BCUT2D eigenvalue weighted by atomic mass is 32.2. The molecule has 5 N–H and O–H groups in total. The van der Waals surface area contributed by atoms with Crippen molar-refractivity contribution in [2.24, 2.45) is 5.73 Å². The average Bonchev–Trinajstić information content (AvgIpc) is 2.88. The van der Waals surface area contributed by atoms with Gasteiger partial charge in [0.2, 0.25) is 10.0 Å². The summed E-state index contributed by atoms with van der Waals surface area (Å²) in [5, 5.41) is 27.5. The molecule has 2 rings (SSSR count). The second-order valence-corrected chi connectivity index (χ2v) is 7.23. The number of aliphatic carboxylic acids is 2. The Kier molecular flexibility index (Phi) is 4.35. The molecular formula is C13H14N2O8S. The molecular weight excluding hydrogens is 344 g/mol. The second-order valence-electron chi connectivity index (χ2n) is 5.37. The number of nitrogens with zero attached hydrogens (tertiary/aromatic N) is 1. The van der Waals surface area contributed by atoms with Crippen molar-refractivity contribution in [3.63, 3.8) is 0 Å². The molecule has 2 atom stereocenters. The second kappa shape index (κ2) is 5.85. The summed E-state index contributed by atoms with van der Waals surface area (Å²) in [6, 6.07) is 2.94. The lowest BCUT2D eigenvalue weighted by molar-refractivity contribution is -0.142. The molecule has 0 aliphatic carbocycles. The fraction of sp³-hybridized carbons (Fsp3) is 0.308. The predicted octanol–water partition coefficient (Wildman–Crippen LogP) is -0.985. The van der Waals surface area contributed by atoms with Crippen molar-refractivity contribution < 1.29 is 38.1 Å². The Morgan fingerprint density at radius 2 is 1.75 bits per heavy atom. The summed E-state index contributed by atoms with van der Waals surface area (Å²) in [4.78, 5) is 33.2. The van der Waals surface area contributed by atoms with Crippen molar-refractivity contribution >= 4 is 27.9 Å². The molecule has 1 aliphatic rings. The van der Waals surface area contributed by atoms with Crippen LogP contribution in [0.2, 0.25) is 0 Å². The van der Waals surface area contributed by atoms with Crippen LogP contribution >= 0.6 is 0 Å². The van der Waals surface area contributed by atoms with Crippen molar-refractivity contribution in [1.82, 2.24) is 4.31 Å². The van der Waals surface area contributed by atoms with E-state index in [1.807, 2.05) is 0 Å². The zero-order chi connectivity index (χ0) is 18.3. The van der Waals surface area contributed by atoms with Crippen LogP contribution in [0.3, 0.4) is 0 Å². The molecule has 10 nitrogen and oxygen atoms in total. The lowest BCUT2D eigenvalue weighted by atomic mass is 9.98. The van der Waals surface area contributed by atoms with E-state index < -0.39 is 62.9 Å². The van der Waals surface area contributed by atoms with E-state index in [0.717, 1.165) is 12.1 Å². The van der Waals surface area contributed by atoms with Crippen LogP contribution in [-0.4, -0.2) is 64.1 Å². The molecule has 1 saturated heterocycles. The third-order valence-corrected chi connectivity index (χ3v) is 5.67. The first kappa shape index (κ1) is 17.8. The van der Waals surface area contributed by atoms with Gasteiger partial charge in [-0.25, -0.2) is 13.2 Å². The first-order valence-electron chi connectivity index (χ1n) is 6.60. The van der Waals surface area contributed by atoms with E-state index >= 15 is 0 Å². The largest absolute Gasteiger partial charge is 0.480 e. The Hall–Kier alpha value is -2.50. The van der Waals surface area contributed by atoms with Gasteiger partial charge in [-0.15, -0.1) is 0 Å². The van der Waals surface area contributed by atoms with Crippen LogP contribution < -0.4 is 5.73 Å². The van der Waals surface area contributed by atoms with Gasteiger partial charge < -0.3 is 21.1 Å². The highest BCUT2D eigenvalue weighted by Gasteiger charge is 2.54. The maximum atomic E-state index is 12.7. The Morgan fingerprint density at radius 1 is 1.17 bits per heavy atom. The van der Waals surface area contributed by atoms with Crippen molar-refractivity contribution in [2.75, 3.05) is 6.54 Å². The lowest BCUT2D eigenvalue weighted by Gasteiger charge is -2.22. The molecule has 0 aromatic heterocycles. The maximum absolute atomic E-state index is 12.7. The van der Waals surface area contributed by atoms with E-state index in [-0.39, 0.29) is 0 Å². The zero-order valence-corrected chi connectivity index (χ0v) is 12.9. The summed E-state index contributed by atoms with van der Waals surface area (Å²) in [6.45, 7) is -0.782. The van der Waals surface area contributed by atoms with Gasteiger partial charge in [-0.05, 0) is 12.1 Å². The molecule has 1 aromatic carbocycles. The van der Waals surface area contributed by atoms with Gasteiger partial charge in [-0.1, -0.05) is 12.1 Å². The van der Waals surface area contributed by atoms with E-state index in [1.165, 1.54) is 12.1 Å². The van der Waals surface area contributed by atoms with E-state index in [9.17, 15) is 27.9 Å². The van der Waals surface area contributed by atoms with Crippen LogP contribution in [-0.2, 0) is 19.6 Å². The first-order valence-corrected chi connectivity index (χ1v) is 8.04. The molecule has 1 heterocycles. The molecule has 1 aliphatic heterocycles. The van der Waals surface area contributed by atoms with Crippen molar-refractivity contribution in [1.29, 1.82) is 0 Å². The quantitative estimate of drug-likeness (QED) is 0.515. The fourth-order valence-electron chi connectivity index (χ4n) is 2.51. The van der Waals surface area contributed by atoms with Crippen LogP contribution in [0, 0.1) is 0 Å². The number of sulfonamides is 1. The summed E-state index contributed by atoms with van der Waals surface area (Å²) < 4.78 is 25.9. The minimum atomic E-state index is -4.58. The predicted molar refractivity (Wildman–Crippen MR) is 77.9 cm³/mol. The number of nitrogens with two attached hydrogens (primary N) is 1. The number of aromatic carboxylic acids is 1. The summed E-state index contributed by atoms with van der Waals surface area (Å²) in [5.41, 5.74) is 2.98. The number of carboxylic acid groups (broad SMARTS) is 3. The fourth-order valence-corrected chi connectivity index (χ4v) is 4.35. The summed E-state index contributed by atoms with van der Waals surface area (Å²) in [6.07, 6.45) is -0.633. The third kappa shape index (κ3) is 2.84. The van der Waals surface area contributed by atoms with Crippen LogP contribution in [0.4, 0.5) is 0 Å². The van der Waals surface area contributed by atoms with Crippen LogP contribution in [0.5, 0.6) is 0 Å². The molecule has 24 heavy (non-hydrogen) atoms. The average molecular weight is 358 g/mol. The molecule has 0 bridgehead atoms. The molecule has 130 valence electrons. The molecule has 11 heteroatoms. The molecule has 0 saturated carbocycles. The number of carboxylic acids is 3. The molecule has 0 radical (unpaired) electrons. The van der Waals surface area contributed by atoms with Crippen molar-refractivity contribution in [3.05, 3.63) is 29.8 Å². The van der Waals surface area contributed by atoms with Gasteiger partial charge in [0.15, 0.2) is 0 Å². The summed E-state index contributed by atoms with van der Waals surface area (Å²) in [5.74, 6) is -4.63. The number of carbonyl (C=O) groups is 3. The van der Waals surface area contributed by atoms with E-state index in [4.69, 9.17) is 15.9 Å². The van der Waals surface area contributed by atoms with Gasteiger partial charge >= 0.3 is 17.9 Å². The number of hydrogen-bond donors (Lipinski definition) is 4.